The predicted octanol–water partition coefficient (Wildman–Crippen LogP) is 3.78. The van der Waals surface area contributed by atoms with Crippen molar-refractivity contribution in [3.63, 3.8) is 0 Å². The van der Waals surface area contributed by atoms with Crippen molar-refractivity contribution in [2.75, 3.05) is 24.2 Å². The molecule has 0 bridgehead atoms. The van der Waals surface area contributed by atoms with Crippen LogP contribution in [0.4, 0.5) is 11.4 Å². The van der Waals surface area contributed by atoms with Gasteiger partial charge in [-0.3, -0.25) is 0 Å². The van der Waals surface area contributed by atoms with E-state index < -0.39 is 0 Å². The highest BCUT2D eigenvalue weighted by molar-refractivity contribution is 9.10. The second-order valence-corrected chi connectivity index (χ2v) is 6.55. The van der Waals surface area contributed by atoms with Crippen LogP contribution in [0.1, 0.15) is 11.1 Å². The van der Waals surface area contributed by atoms with Crippen LogP contribution in [0.5, 0.6) is 5.75 Å². The molecular formula is C17H19BrN2O. The Kier molecular flexibility index (Phi) is 3.81. The van der Waals surface area contributed by atoms with Gasteiger partial charge in [0.1, 0.15) is 11.9 Å². The molecule has 0 aliphatic carbocycles. The van der Waals surface area contributed by atoms with Crippen LogP contribution < -0.4 is 15.4 Å². The molecule has 0 aromatic heterocycles. The normalized spacial score (nSPS) is 16.4. The molecule has 0 amide bonds. The maximum absolute atomic E-state index is 6.09. The molecule has 0 radical (unpaired) electrons. The minimum atomic E-state index is 0.176. The third-order valence-electron chi connectivity index (χ3n) is 3.84. The number of likely N-dealkylation sites (N-methyl/N-ethyl adjacent to an activating group) is 1. The highest BCUT2D eigenvalue weighted by Gasteiger charge is 2.24. The summed E-state index contributed by atoms with van der Waals surface area (Å²) in [6, 6.07) is 12.3. The van der Waals surface area contributed by atoms with E-state index in [9.17, 15) is 0 Å². The molecule has 2 aromatic carbocycles. The quantitative estimate of drug-likeness (QED) is 0.859. The monoisotopic (exact) mass is 346 g/mol. The Bertz CT molecular complexity index is 672. The van der Waals surface area contributed by atoms with Crippen LogP contribution in [0.2, 0.25) is 0 Å². The molecule has 2 aromatic rings. The van der Waals surface area contributed by atoms with Gasteiger partial charge in [-0.15, -0.1) is 0 Å². The number of rotatable bonds is 3. The Morgan fingerprint density at radius 1 is 1.29 bits per heavy atom. The maximum Gasteiger partial charge on any atom is 0.123 e. The molecule has 0 saturated carbocycles. The van der Waals surface area contributed by atoms with E-state index in [4.69, 9.17) is 10.5 Å². The average Bonchev–Trinajstić information content (AvgIpc) is 2.79. The van der Waals surface area contributed by atoms with Gasteiger partial charge in [-0.25, -0.2) is 0 Å². The lowest BCUT2D eigenvalue weighted by Gasteiger charge is -2.24. The number of hydrogen-bond donors (Lipinski definition) is 1. The summed E-state index contributed by atoms with van der Waals surface area (Å²) in [6.45, 7) is 2.93. The smallest absolute Gasteiger partial charge is 0.123 e. The Morgan fingerprint density at radius 2 is 2.10 bits per heavy atom. The van der Waals surface area contributed by atoms with Gasteiger partial charge in [0.05, 0.1) is 17.9 Å². The van der Waals surface area contributed by atoms with Gasteiger partial charge in [0.2, 0.25) is 0 Å². The Morgan fingerprint density at radius 3 is 2.86 bits per heavy atom. The van der Waals surface area contributed by atoms with Gasteiger partial charge in [-0.05, 0) is 36.8 Å². The summed E-state index contributed by atoms with van der Waals surface area (Å²) in [5, 5.41) is 0. The van der Waals surface area contributed by atoms with Crippen molar-refractivity contribution in [2.24, 2.45) is 0 Å². The molecule has 1 aliphatic rings. The molecule has 21 heavy (non-hydrogen) atoms. The first kappa shape index (κ1) is 14.3. The van der Waals surface area contributed by atoms with Crippen molar-refractivity contribution in [1.82, 2.24) is 0 Å². The number of benzene rings is 2. The van der Waals surface area contributed by atoms with E-state index in [1.807, 2.05) is 18.2 Å². The Balaban J connectivity index is 1.71. The number of nitrogens with zero attached hydrogens (tertiary/aromatic N) is 1. The van der Waals surface area contributed by atoms with Crippen LogP contribution in [0.15, 0.2) is 40.9 Å². The fourth-order valence-electron chi connectivity index (χ4n) is 2.83. The molecule has 4 heteroatoms. The molecular weight excluding hydrogens is 328 g/mol. The molecule has 1 heterocycles. The van der Waals surface area contributed by atoms with Crippen LogP contribution in [0.25, 0.3) is 0 Å². The van der Waals surface area contributed by atoms with Crippen LogP contribution in [0.3, 0.4) is 0 Å². The number of fused-ring (bicyclic) bond motifs is 1. The topological polar surface area (TPSA) is 38.5 Å². The number of ether oxygens (including phenoxy) is 1. The van der Waals surface area contributed by atoms with E-state index in [2.05, 4.69) is 53.0 Å². The van der Waals surface area contributed by atoms with Gasteiger partial charge in [0.25, 0.3) is 0 Å². The van der Waals surface area contributed by atoms with Crippen molar-refractivity contribution in [2.45, 2.75) is 19.4 Å². The number of nitrogen functional groups attached to an aromatic ring is 1. The fourth-order valence-corrected chi connectivity index (χ4v) is 3.21. The molecule has 3 rings (SSSR count). The zero-order valence-electron chi connectivity index (χ0n) is 12.3. The van der Waals surface area contributed by atoms with E-state index in [0.717, 1.165) is 34.6 Å². The van der Waals surface area contributed by atoms with E-state index in [-0.39, 0.29) is 6.10 Å². The van der Waals surface area contributed by atoms with E-state index >= 15 is 0 Å². The minimum absolute atomic E-state index is 0.176. The third-order valence-corrected chi connectivity index (χ3v) is 4.33. The maximum atomic E-state index is 6.09. The minimum Gasteiger partial charge on any atom is -0.488 e. The van der Waals surface area contributed by atoms with Gasteiger partial charge >= 0.3 is 0 Å². The number of nitrogens with two attached hydrogens (primary N) is 1. The summed E-state index contributed by atoms with van der Waals surface area (Å²) < 4.78 is 7.02. The summed E-state index contributed by atoms with van der Waals surface area (Å²) in [5.74, 6) is 1.02. The van der Waals surface area contributed by atoms with E-state index in [0.29, 0.717) is 0 Å². The molecule has 2 N–H and O–H groups in total. The van der Waals surface area contributed by atoms with Gasteiger partial charge < -0.3 is 15.4 Å². The van der Waals surface area contributed by atoms with Crippen molar-refractivity contribution in [3.8, 4) is 5.75 Å². The number of aryl methyl sites for hydroxylation is 1. The van der Waals surface area contributed by atoms with Gasteiger partial charge in [-0.2, -0.15) is 0 Å². The Labute approximate surface area is 133 Å². The largest absolute Gasteiger partial charge is 0.488 e. The molecule has 1 atom stereocenters. The fraction of sp³-hybridized carbons (Fsp3) is 0.294. The van der Waals surface area contributed by atoms with Gasteiger partial charge in [0, 0.05) is 17.9 Å². The first-order valence-electron chi connectivity index (χ1n) is 7.05. The lowest BCUT2D eigenvalue weighted by atomic mass is 10.1. The molecule has 0 fully saturated rings. The number of halogens is 1. The molecule has 3 nitrogen and oxygen atoms in total. The molecule has 1 unspecified atom stereocenters. The first-order valence-corrected chi connectivity index (χ1v) is 7.84. The first-order chi connectivity index (χ1) is 10.0. The zero-order valence-corrected chi connectivity index (χ0v) is 13.9. The van der Waals surface area contributed by atoms with E-state index in [1.165, 1.54) is 11.1 Å². The highest BCUT2D eigenvalue weighted by Crippen LogP contribution is 2.31. The third kappa shape index (κ3) is 3.00. The second-order valence-electron chi connectivity index (χ2n) is 5.64. The number of anilines is 2. The second kappa shape index (κ2) is 5.60. The van der Waals surface area contributed by atoms with Crippen LogP contribution >= 0.6 is 15.9 Å². The molecule has 0 spiro atoms. The number of hydrogen-bond acceptors (Lipinski definition) is 3. The lowest BCUT2D eigenvalue weighted by Crippen LogP contribution is -2.32. The van der Waals surface area contributed by atoms with E-state index in [1.54, 1.807) is 0 Å². The Hall–Kier alpha value is -1.68. The summed E-state index contributed by atoms with van der Waals surface area (Å²) in [5.41, 5.74) is 10.5. The van der Waals surface area contributed by atoms with Gasteiger partial charge in [0.15, 0.2) is 0 Å². The highest BCUT2D eigenvalue weighted by atomic mass is 79.9. The van der Waals surface area contributed by atoms with Gasteiger partial charge in [-0.1, -0.05) is 33.6 Å². The van der Waals surface area contributed by atoms with Crippen molar-refractivity contribution >= 4 is 27.3 Å². The molecule has 0 saturated heterocycles. The van der Waals surface area contributed by atoms with Crippen molar-refractivity contribution < 1.29 is 4.74 Å². The predicted molar refractivity (Wildman–Crippen MR) is 91.1 cm³/mol. The molecule has 1 aliphatic heterocycles. The summed E-state index contributed by atoms with van der Waals surface area (Å²) >= 11 is 3.44. The summed E-state index contributed by atoms with van der Waals surface area (Å²) in [7, 11) is 2.05. The van der Waals surface area contributed by atoms with Crippen molar-refractivity contribution in [3.05, 3.63) is 52.0 Å². The zero-order chi connectivity index (χ0) is 15.0. The average molecular weight is 347 g/mol. The van der Waals surface area contributed by atoms with Crippen LogP contribution in [-0.2, 0) is 6.42 Å². The molecule has 110 valence electrons. The lowest BCUT2D eigenvalue weighted by molar-refractivity contribution is 0.239. The summed E-state index contributed by atoms with van der Waals surface area (Å²) in [4.78, 5) is 2.16. The van der Waals surface area contributed by atoms with Crippen LogP contribution in [-0.4, -0.2) is 19.7 Å². The SMILES string of the molecule is Cc1ccc2c(c1)CC(CN(C)c1ccc(Br)cc1N)O2. The van der Waals surface area contributed by atoms with Crippen molar-refractivity contribution in [1.29, 1.82) is 0 Å². The summed E-state index contributed by atoms with van der Waals surface area (Å²) in [6.07, 6.45) is 1.13. The van der Waals surface area contributed by atoms with Crippen LogP contribution in [0, 0.1) is 6.92 Å². The standard InChI is InChI=1S/C17H19BrN2O/c1-11-3-6-17-12(7-11)8-14(21-17)10-20(2)16-5-4-13(18)9-15(16)19/h3-7,9,14H,8,10,19H2,1-2H3.